The molecular formula is C17H19NO2. The summed E-state index contributed by atoms with van der Waals surface area (Å²) in [5, 5.41) is 0. The van der Waals surface area contributed by atoms with Crippen LogP contribution in [-0.2, 0) is 22.6 Å². The van der Waals surface area contributed by atoms with Gasteiger partial charge in [0.05, 0.1) is 6.61 Å². The van der Waals surface area contributed by atoms with Crippen molar-refractivity contribution in [1.82, 2.24) is 0 Å². The highest BCUT2D eigenvalue weighted by Gasteiger charge is 2.15. The summed E-state index contributed by atoms with van der Waals surface area (Å²) in [6.07, 6.45) is 0.838. The van der Waals surface area contributed by atoms with Crippen LogP contribution in [0.3, 0.4) is 0 Å². The summed E-state index contributed by atoms with van der Waals surface area (Å²) in [6.45, 7) is 0.406. The number of nitrogens with two attached hydrogens (primary N) is 1. The maximum Gasteiger partial charge on any atom is 0.246 e. The number of carbonyl (C=O) groups is 1. The lowest BCUT2D eigenvalue weighted by Crippen LogP contribution is -2.31. The minimum absolute atomic E-state index is 0.406. The predicted molar refractivity (Wildman–Crippen MR) is 79.0 cm³/mol. The Labute approximate surface area is 119 Å². The Kier molecular flexibility index (Phi) is 5.33. The standard InChI is InChI=1S/C17H19NO2/c18-17(19)16(12-11-14-7-3-1-4-8-14)20-13-15-9-5-2-6-10-15/h1-10,16H,11-13H2,(H2,18,19). The molecule has 0 aromatic heterocycles. The van der Waals surface area contributed by atoms with E-state index in [1.807, 2.05) is 60.7 Å². The molecule has 104 valence electrons. The number of amides is 1. The first-order valence-corrected chi connectivity index (χ1v) is 6.74. The molecule has 3 heteroatoms. The zero-order valence-electron chi connectivity index (χ0n) is 11.4. The average molecular weight is 269 g/mol. The first kappa shape index (κ1) is 14.3. The number of hydrogen-bond donors (Lipinski definition) is 1. The SMILES string of the molecule is NC(=O)C(CCc1ccccc1)OCc1ccccc1. The van der Waals surface area contributed by atoms with E-state index in [0.717, 1.165) is 12.0 Å². The normalized spacial score (nSPS) is 12.0. The van der Waals surface area contributed by atoms with Crippen LogP contribution in [0.1, 0.15) is 17.5 Å². The molecule has 0 spiro atoms. The highest BCUT2D eigenvalue weighted by Crippen LogP contribution is 2.10. The van der Waals surface area contributed by atoms with Gasteiger partial charge in [-0.15, -0.1) is 0 Å². The highest BCUT2D eigenvalue weighted by atomic mass is 16.5. The van der Waals surface area contributed by atoms with Crippen molar-refractivity contribution in [1.29, 1.82) is 0 Å². The fourth-order valence-electron chi connectivity index (χ4n) is 2.02. The molecule has 2 aromatic rings. The fourth-order valence-corrected chi connectivity index (χ4v) is 2.02. The molecule has 0 saturated heterocycles. The Morgan fingerprint density at radius 1 is 0.950 bits per heavy atom. The third-order valence-electron chi connectivity index (χ3n) is 3.15. The van der Waals surface area contributed by atoms with Gasteiger partial charge < -0.3 is 10.5 Å². The smallest absolute Gasteiger partial charge is 0.246 e. The number of hydrogen-bond acceptors (Lipinski definition) is 2. The quantitative estimate of drug-likeness (QED) is 0.840. The molecule has 0 aliphatic carbocycles. The average Bonchev–Trinajstić information content (AvgIpc) is 2.49. The molecule has 0 aliphatic rings. The van der Waals surface area contributed by atoms with E-state index >= 15 is 0 Å². The molecule has 0 bridgehead atoms. The van der Waals surface area contributed by atoms with Gasteiger partial charge >= 0.3 is 0 Å². The van der Waals surface area contributed by atoms with Crippen LogP contribution in [0.2, 0.25) is 0 Å². The Morgan fingerprint density at radius 2 is 1.50 bits per heavy atom. The van der Waals surface area contributed by atoms with Crippen molar-refractivity contribution in [2.24, 2.45) is 5.73 Å². The maximum absolute atomic E-state index is 11.4. The van der Waals surface area contributed by atoms with E-state index in [1.54, 1.807) is 0 Å². The van der Waals surface area contributed by atoms with E-state index in [4.69, 9.17) is 10.5 Å². The zero-order valence-corrected chi connectivity index (χ0v) is 11.4. The third-order valence-corrected chi connectivity index (χ3v) is 3.15. The van der Waals surface area contributed by atoms with Crippen molar-refractivity contribution >= 4 is 5.91 Å². The van der Waals surface area contributed by atoms with Crippen molar-refractivity contribution in [3.05, 3.63) is 71.8 Å². The number of carbonyl (C=O) groups excluding carboxylic acids is 1. The highest BCUT2D eigenvalue weighted by molar-refractivity contribution is 5.78. The van der Waals surface area contributed by atoms with E-state index < -0.39 is 12.0 Å². The summed E-state index contributed by atoms with van der Waals surface area (Å²) < 4.78 is 5.64. The lowest BCUT2D eigenvalue weighted by atomic mass is 10.1. The predicted octanol–water partition coefficient (Wildman–Crippen LogP) is 2.69. The van der Waals surface area contributed by atoms with E-state index in [0.29, 0.717) is 13.0 Å². The first-order valence-electron chi connectivity index (χ1n) is 6.74. The maximum atomic E-state index is 11.4. The van der Waals surface area contributed by atoms with Crippen molar-refractivity contribution < 1.29 is 9.53 Å². The minimum atomic E-state index is -0.546. The third kappa shape index (κ3) is 4.52. The molecule has 1 unspecified atom stereocenters. The van der Waals surface area contributed by atoms with Gasteiger partial charge in [-0.25, -0.2) is 0 Å². The molecule has 0 radical (unpaired) electrons. The molecule has 0 saturated carbocycles. The van der Waals surface area contributed by atoms with Gasteiger partial charge in [0.25, 0.3) is 0 Å². The van der Waals surface area contributed by atoms with Crippen molar-refractivity contribution in [2.75, 3.05) is 0 Å². The Bertz CT molecular complexity index is 482. The minimum Gasteiger partial charge on any atom is -0.367 e. The number of aryl methyl sites for hydroxylation is 1. The van der Waals surface area contributed by atoms with Crippen molar-refractivity contribution in [3.8, 4) is 0 Å². The molecule has 0 aliphatic heterocycles. The van der Waals surface area contributed by atoms with Crippen LogP contribution in [-0.4, -0.2) is 12.0 Å². The van der Waals surface area contributed by atoms with Gasteiger partial charge in [0.1, 0.15) is 6.10 Å². The van der Waals surface area contributed by atoms with Crippen LogP contribution < -0.4 is 5.73 Å². The van der Waals surface area contributed by atoms with Crippen LogP contribution in [0.25, 0.3) is 0 Å². The van der Waals surface area contributed by atoms with Crippen LogP contribution in [0.15, 0.2) is 60.7 Å². The van der Waals surface area contributed by atoms with Gasteiger partial charge in [0, 0.05) is 0 Å². The van der Waals surface area contributed by atoms with E-state index in [-0.39, 0.29) is 0 Å². The summed E-state index contributed by atoms with van der Waals surface area (Å²) in [5.74, 6) is -0.406. The van der Waals surface area contributed by atoms with Gasteiger partial charge in [-0.05, 0) is 24.0 Å². The molecule has 2 aromatic carbocycles. The summed E-state index contributed by atoms with van der Waals surface area (Å²) in [4.78, 5) is 11.4. The molecule has 20 heavy (non-hydrogen) atoms. The summed E-state index contributed by atoms with van der Waals surface area (Å²) in [5.41, 5.74) is 7.62. The molecule has 2 rings (SSSR count). The second-order valence-corrected chi connectivity index (χ2v) is 4.71. The summed E-state index contributed by atoms with van der Waals surface area (Å²) in [7, 11) is 0. The first-order chi connectivity index (χ1) is 9.75. The Morgan fingerprint density at radius 3 is 2.05 bits per heavy atom. The second-order valence-electron chi connectivity index (χ2n) is 4.71. The molecule has 0 heterocycles. The molecule has 2 N–H and O–H groups in total. The topological polar surface area (TPSA) is 52.3 Å². The number of ether oxygens (including phenoxy) is 1. The largest absolute Gasteiger partial charge is 0.367 e. The van der Waals surface area contributed by atoms with Gasteiger partial charge in [-0.3, -0.25) is 4.79 Å². The molecule has 1 atom stereocenters. The molecule has 3 nitrogen and oxygen atoms in total. The molecular weight excluding hydrogens is 250 g/mol. The monoisotopic (exact) mass is 269 g/mol. The Balaban J connectivity index is 1.86. The number of rotatable bonds is 7. The summed E-state index contributed by atoms with van der Waals surface area (Å²) in [6, 6.07) is 19.8. The zero-order chi connectivity index (χ0) is 14.2. The lowest BCUT2D eigenvalue weighted by Gasteiger charge is -2.14. The number of primary amides is 1. The van der Waals surface area contributed by atoms with Gasteiger partial charge in [-0.1, -0.05) is 60.7 Å². The van der Waals surface area contributed by atoms with E-state index in [9.17, 15) is 4.79 Å². The van der Waals surface area contributed by atoms with Gasteiger partial charge in [0.15, 0.2) is 0 Å². The van der Waals surface area contributed by atoms with Crippen LogP contribution in [0, 0.1) is 0 Å². The van der Waals surface area contributed by atoms with E-state index in [2.05, 4.69) is 0 Å². The summed E-state index contributed by atoms with van der Waals surface area (Å²) >= 11 is 0. The van der Waals surface area contributed by atoms with E-state index in [1.165, 1.54) is 5.56 Å². The van der Waals surface area contributed by atoms with Crippen LogP contribution in [0.4, 0.5) is 0 Å². The van der Waals surface area contributed by atoms with Crippen LogP contribution in [0.5, 0.6) is 0 Å². The fraction of sp³-hybridized carbons (Fsp3) is 0.235. The molecule has 0 fully saturated rings. The van der Waals surface area contributed by atoms with Crippen molar-refractivity contribution in [2.45, 2.75) is 25.6 Å². The second kappa shape index (κ2) is 7.46. The van der Waals surface area contributed by atoms with Gasteiger partial charge in [0.2, 0.25) is 5.91 Å². The van der Waals surface area contributed by atoms with Crippen LogP contribution >= 0.6 is 0 Å². The number of benzene rings is 2. The molecule has 1 amide bonds. The van der Waals surface area contributed by atoms with Gasteiger partial charge in [-0.2, -0.15) is 0 Å². The lowest BCUT2D eigenvalue weighted by molar-refractivity contribution is -0.130. The van der Waals surface area contributed by atoms with Crippen molar-refractivity contribution in [3.63, 3.8) is 0 Å². The Hall–Kier alpha value is -2.13.